The summed E-state index contributed by atoms with van der Waals surface area (Å²) in [4.78, 5) is 12.3. The molecule has 3 heteroatoms. The summed E-state index contributed by atoms with van der Waals surface area (Å²) < 4.78 is 1.21. The van der Waals surface area contributed by atoms with Gasteiger partial charge < -0.3 is 5.73 Å². The van der Waals surface area contributed by atoms with E-state index in [4.69, 9.17) is 5.73 Å². The SMILES string of the molecule is Nc1ccccc1C(=O)Cc1csc2ccccc12. The molecule has 0 saturated carbocycles. The molecule has 0 amide bonds. The van der Waals surface area contributed by atoms with Crippen LogP contribution in [0, 0.1) is 0 Å². The fraction of sp³-hybridized carbons (Fsp3) is 0.0625. The Morgan fingerprint density at radius 3 is 2.63 bits per heavy atom. The number of benzene rings is 2. The Balaban J connectivity index is 1.94. The summed E-state index contributed by atoms with van der Waals surface area (Å²) in [6, 6.07) is 15.4. The summed E-state index contributed by atoms with van der Waals surface area (Å²) in [5, 5.41) is 3.22. The van der Waals surface area contributed by atoms with Gasteiger partial charge in [-0.15, -0.1) is 11.3 Å². The second-order valence-corrected chi connectivity index (χ2v) is 5.36. The average Bonchev–Trinajstić information content (AvgIpc) is 2.83. The molecular weight excluding hydrogens is 254 g/mol. The fourth-order valence-corrected chi connectivity index (χ4v) is 3.15. The van der Waals surface area contributed by atoms with Crippen LogP contribution in [0.1, 0.15) is 15.9 Å². The first-order valence-corrected chi connectivity index (χ1v) is 6.96. The highest BCUT2D eigenvalue weighted by Gasteiger charge is 2.12. The molecule has 2 aromatic carbocycles. The van der Waals surface area contributed by atoms with Gasteiger partial charge in [-0.3, -0.25) is 4.79 Å². The lowest BCUT2D eigenvalue weighted by atomic mass is 10.0. The molecule has 0 fully saturated rings. The van der Waals surface area contributed by atoms with Gasteiger partial charge in [-0.05, 0) is 34.5 Å². The van der Waals surface area contributed by atoms with Gasteiger partial charge in [0.1, 0.15) is 0 Å². The van der Waals surface area contributed by atoms with Crippen molar-refractivity contribution in [3.05, 3.63) is 65.0 Å². The lowest BCUT2D eigenvalue weighted by Crippen LogP contribution is -2.06. The highest BCUT2D eigenvalue weighted by Crippen LogP contribution is 2.27. The lowest BCUT2D eigenvalue weighted by molar-refractivity contribution is 0.0994. The first-order chi connectivity index (χ1) is 9.25. The van der Waals surface area contributed by atoms with E-state index < -0.39 is 0 Å². The summed E-state index contributed by atoms with van der Waals surface area (Å²) in [5.41, 5.74) is 8.08. The van der Waals surface area contributed by atoms with Crippen LogP contribution in [0.15, 0.2) is 53.9 Å². The normalized spacial score (nSPS) is 10.7. The molecule has 0 saturated heterocycles. The molecule has 0 spiro atoms. The number of thiophene rings is 1. The molecule has 0 radical (unpaired) electrons. The molecule has 1 aromatic heterocycles. The molecule has 2 N–H and O–H groups in total. The lowest BCUT2D eigenvalue weighted by Gasteiger charge is -2.03. The van der Waals surface area contributed by atoms with Gasteiger partial charge >= 0.3 is 0 Å². The summed E-state index contributed by atoms with van der Waals surface area (Å²) in [7, 11) is 0. The number of nitrogen functional groups attached to an aromatic ring is 1. The second-order valence-electron chi connectivity index (χ2n) is 4.44. The van der Waals surface area contributed by atoms with Crippen LogP contribution in [-0.4, -0.2) is 5.78 Å². The number of carbonyl (C=O) groups excluding carboxylic acids is 1. The Kier molecular flexibility index (Phi) is 3.05. The number of anilines is 1. The number of rotatable bonds is 3. The van der Waals surface area contributed by atoms with Gasteiger partial charge in [-0.25, -0.2) is 0 Å². The zero-order valence-electron chi connectivity index (χ0n) is 10.3. The standard InChI is InChI=1S/C16H13NOS/c17-14-7-3-1-6-13(14)15(18)9-11-10-19-16-8-4-2-5-12(11)16/h1-8,10H,9,17H2. The zero-order chi connectivity index (χ0) is 13.2. The first kappa shape index (κ1) is 11.9. The number of hydrogen-bond donors (Lipinski definition) is 1. The molecule has 2 nitrogen and oxygen atoms in total. The van der Waals surface area contributed by atoms with Crippen LogP contribution in [-0.2, 0) is 6.42 Å². The van der Waals surface area contributed by atoms with E-state index in [0.717, 1.165) is 10.9 Å². The maximum atomic E-state index is 12.3. The number of Topliss-reactive ketones (excluding diaryl/α,β-unsaturated/α-hetero) is 1. The van der Waals surface area contributed by atoms with Gasteiger partial charge in [0.15, 0.2) is 5.78 Å². The van der Waals surface area contributed by atoms with E-state index in [1.165, 1.54) is 4.70 Å². The average molecular weight is 267 g/mol. The Labute approximate surface area is 115 Å². The fourth-order valence-electron chi connectivity index (χ4n) is 2.19. The molecule has 0 atom stereocenters. The van der Waals surface area contributed by atoms with E-state index >= 15 is 0 Å². The van der Waals surface area contributed by atoms with Crippen molar-refractivity contribution in [2.75, 3.05) is 5.73 Å². The van der Waals surface area contributed by atoms with Crippen LogP contribution in [0.5, 0.6) is 0 Å². The van der Waals surface area contributed by atoms with Crippen molar-refractivity contribution in [3.8, 4) is 0 Å². The quantitative estimate of drug-likeness (QED) is 0.577. The summed E-state index contributed by atoms with van der Waals surface area (Å²) in [6.45, 7) is 0. The van der Waals surface area contributed by atoms with E-state index in [1.807, 2.05) is 24.3 Å². The van der Waals surface area contributed by atoms with E-state index in [1.54, 1.807) is 23.5 Å². The van der Waals surface area contributed by atoms with Crippen LogP contribution in [0.2, 0.25) is 0 Å². The van der Waals surface area contributed by atoms with Crippen molar-refractivity contribution < 1.29 is 4.79 Å². The van der Waals surface area contributed by atoms with Crippen molar-refractivity contribution in [2.45, 2.75) is 6.42 Å². The van der Waals surface area contributed by atoms with Crippen LogP contribution in [0.3, 0.4) is 0 Å². The molecule has 0 aliphatic rings. The molecule has 94 valence electrons. The minimum absolute atomic E-state index is 0.0710. The smallest absolute Gasteiger partial charge is 0.169 e. The zero-order valence-corrected chi connectivity index (χ0v) is 11.1. The first-order valence-electron chi connectivity index (χ1n) is 6.08. The van der Waals surface area contributed by atoms with Crippen LogP contribution in [0.4, 0.5) is 5.69 Å². The summed E-state index contributed by atoms with van der Waals surface area (Å²) >= 11 is 1.67. The van der Waals surface area contributed by atoms with Crippen LogP contribution in [0.25, 0.3) is 10.1 Å². The van der Waals surface area contributed by atoms with Gasteiger partial charge in [0, 0.05) is 22.4 Å². The van der Waals surface area contributed by atoms with Crippen molar-refractivity contribution in [2.24, 2.45) is 0 Å². The van der Waals surface area contributed by atoms with Gasteiger partial charge in [0.05, 0.1) is 0 Å². The van der Waals surface area contributed by atoms with Crippen molar-refractivity contribution in [1.82, 2.24) is 0 Å². The van der Waals surface area contributed by atoms with Crippen LogP contribution >= 0.6 is 11.3 Å². The van der Waals surface area contributed by atoms with E-state index in [2.05, 4.69) is 17.5 Å². The molecule has 0 unspecified atom stereocenters. The highest BCUT2D eigenvalue weighted by molar-refractivity contribution is 7.17. The van der Waals surface area contributed by atoms with E-state index in [-0.39, 0.29) is 5.78 Å². The van der Waals surface area contributed by atoms with Crippen molar-refractivity contribution in [3.63, 3.8) is 0 Å². The monoisotopic (exact) mass is 267 g/mol. The Hall–Kier alpha value is -2.13. The number of ketones is 1. The minimum atomic E-state index is 0.0710. The Morgan fingerprint density at radius 1 is 1.05 bits per heavy atom. The molecule has 0 aliphatic heterocycles. The number of nitrogens with two attached hydrogens (primary N) is 1. The number of fused-ring (bicyclic) bond motifs is 1. The minimum Gasteiger partial charge on any atom is -0.398 e. The predicted octanol–water partition coefficient (Wildman–Crippen LogP) is 3.91. The topological polar surface area (TPSA) is 43.1 Å². The third-order valence-electron chi connectivity index (χ3n) is 3.17. The Morgan fingerprint density at radius 2 is 1.79 bits per heavy atom. The molecule has 1 heterocycles. The molecule has 3 aromatic rings. The maximum Gasteiger partial charge on any atom is 0.169 e. The molecular formula is C16H13NOS. The molecule has 0 aliphatic carbocycles. The molecule has 3 rings (SSSR count). The third kappa shape index (κ3) is 2.25. The van der Waals surface area contributed by atoms with E-state index in [9.17, 15) is 4.79 Å². The van der Waals surface area contributed by atoms with Gasteiger partial charge in [0.2, 0.25) is 0 Å². The van der Waals surface area contributed by atoms with Gasteiger partial charge in [0.25, 0.3) is 0 Å². The van der Waals surface area contributed by atoms with Gasteiger partial charge in [-0.1, -0.05) is 30.3 Å². The second kappa shape index (κ2) is 4.86. The number of para-hydroxylation sites is 1. The largest absolute Gasteiger partial charge is 0.398 e. The van der Waals surface area contributed by atoms with Gasteiger partial charge in [-0.2, -0.15) is 0 Å². The number of hydrogen-bond acceptors (Lipinski definition) is 3. The Bertz CT molecular complexity index is 745. The van der Waals surface area contributed by atoms with Crippen molar-refractivity contribution in [1.29, 1.82) is 0 Å². The third-order valence-corrected chi connectivity index (χ3v) is 4.19. The number of carbonyl (C=O) groups is 1. The van der Waals surface area contributed by atoms with E-state index in [0.29, 0.717) is 17.7 Å². The summed E-state index contributed by atoms with van der Waals surface area (Å²) in [6.07, 6.45) is 0.401. The maximum absolute atomic E-state index is 12.3. The molecule has 0 bridgehead atoms. The predicted molar refractivity (Wildman–Crippen MR) is 80.7 cm³/mol. The highest BCUT2D eigenvalue weighted by atomic mass is 32.1. The van der Waals surface area contributed by atoms with Crippen molar-refractivity contribution >= 4 is 32.9 Å². The molecule has 19 heavy (non-hydrogen) atoms. The van der Waals surface area contributed by atoms with Crippen LogP contribution < -0.4 is 5.73 Å². The summed E-state index contributed by atoms with van der Waals surface area (Å²) in [5.74, 6) is 0.0710.